The number of rotatable bonds is 2. The average Bonchev–Trinajstić information content (AvgIpc) is 2.40. The molecule has 102 valence electrons. The molecule has 1 unspecified atom stereocenters. The number of likely N-dealkylation sites (N-methyl/N-ethyl adjacent to an activating group) is 1. The van der Waals surface area contributed by atoms with E-state index >= 15 is 0 Å². The zero-order valence-corrected chi connectivity index (χ0v) is 12.3. The Morgan fingerprint density at radius 2 is 1.68 bits per heavy atom. The van der Waals surface area contributed by atoms with Crippen molar-refractivity contribution in [1.82, 2.24) is 9.80 Å². The molecular weight excluding hydrogens is 236 g/mol. The highest BCUT2D eigenvalue weighted by molar-refractivity contribution is 5.78. The van der Waals surface area contributed by atoms with E-state index in [1.807, 2.05) is 44.1 Å². The molecule has 1 aliphatic heterocycles. The Bertz CT molecular complexity index is 505. The summed E-state index contributed by atoms with van der Waals surface area (Å²) in [7, 11) is 3.73. The Kier molecular flexibility index (Phi) is 3.65. The highest BCUT2D eigenvalue weighted by atomic mass is 16.2. The normalized spacial score (nSPS) is 20.5. The van der Waals surface area contributed by atoms with Gasteiger partial charge in [-0.05, 0) is 24.0 Å². The van der Waals surface area contributed by atoms with Gasteiger partial charge in [0.2, 0.25) is 0 Å². The van der Waals surface area contributed by atoms with Crippen molar-refractivity contribution in [3.8, 4) is 0 Å². The van der Waals surface area contributed by atoms with E-state index in [9.17, 15) is 4.79 Å². The highest BCUT2D eigenvalue weighted by Gasteiger charge is 2.35. The van der Waals surface area contributed by atoms with E-state index in [-0.39, 0.29) is 12.1 Å². The van der Waals surface area contributed by atoms with Gasteiger partial charge in [0.05, 0.1) is 6.04 Å². The van der Waals surface area contributed by atoms with Crippen molar-refractivity contribution < 1.29 is 4.79 Å². The SMILES string of the molecule is CC1=C(C(C)C)C(c2ccccc2)N(C)C(=O)N1C. The highest BCUT2D eigenvalue weighted by Crippen LogP contribution is 2.38. The van der Waals surface area contributed by atoms with Gasteiger partial charge in [0.15, 0.2) is 0 Å². The van der Waals surface area contributed by atoms with Gasteiger partial charge in [-0.25, -0.2) is 4.79 Å². The van der Waals surface area contributed by atoms with Gasteiger partial charge >= 0.3 is 6.03 Å². The predicted molar refractivity (Wildman–Crippen MR) is 77.6 cm³/mol. The fourth-order valence-corrected chi connectivity index (χ4v) is 2.86. The molecule has 2 rings (SSSR count). The summed E-state index contributed by atoms with van der Waals surface area (Å²) in [6, 6.07) is 10.3. The van der Waals surface area contributed by atoms with E-state index in [1.165, 1.54) is 11.1 Å². The Hall–Kier alpha value is -1.77. The summed E-state index contributed by atoms with van der Waals surface area (Å²) in [4.78, 5) is 15.9. The fraction of sp³-hybridized carbons (Fsp3) is 0.438. The van der Waals surface area contributed by atoms with Crippen molar-refractivity contribution in [2.45, 2.75) is 26.8 Å². The van der Waals surface area contributed by atoms with E-state index in [4.69, 9.17) is 0 Å². The van der Waals surface area contributed by atoms with Crippen molar-refractivity contribution in [2.75, 3.05) is 14.1 Å². The molecule has 0 spiro atoms. The van der Waals surface area contributed by atoms with Crippen LogP contribution in [-0.4, -0.2) is 29.9 Å². The van der Waals surface area contributed by atoms with Crippen molar-refractivity contribution in [3.63, 3.8) is 0 Å². The zero-order chi connectivity index (χ0) is 14.2. The molecule has 0 aromatic heterocycles. The lowest BCUT2D eigenvalue weighted by Crippen LogP contribution is -2.46. The van der Waals surface area contributed by atoms with E-state index in [0.717, 1.165) is 5.70 Å². The van der Waals surface area contributed by atoms with Crippen molar-refractivity contribution >= 4 is 6.03 Å². The molecule has 19 heavy (non-hydrogen) atoms. The van der Waals surface area contributed by atoms with Crippen LogP contribution in [0.5, 0.6) is 0 Å². The van der Waals surface area contributed by atoms with Crippen LogP contribution in [0, 0.1) is 5.92 Å². The number of hydrogen-bond donors (Lipinski definition) is 0. The molecule has 1 aromatic carbocycles. The number of hydrogen-bond acceptors (Lipinski definition) is 1. The third-order valence-electron chi connectivity index (χ3n) is 3.93. The smallest absolute Gasteiger partial charge is 0.317 e. The van der Waals surface area contributed by atoms with Crippen LogP contribution < -0.4 is 0 Å². The van der Waals surface area contributed by atoms with Gasteiger partial charge in [-0.15, -0.1) is 0 Å². The second-order valence-corrected chi connectivity index (χ2v) is 5.46. The standard InChI is InChI=1S/C16H22N2O/c1-11(2)14-12(3)17(4)16(19)18(5)15(14)13-9-7-6-8-10-13/h6-11,15H,1-5H3. The molecule has 0 fully saturated rings. The summed E-state index contributed by atoms with van der Waals surface area (Å²) < 4.78 is 0. The predicted octanol–water partition coefficient (Wildman–Crippen LogP) is 3.65. The summed E-state index contributed by atoms with van der Waals surface area (Å²) in [5.41, 5.74) is 3.57. The Morgan fingerprint density at radius 3 is 2.21 bits per heavy atom. The monoisotopic (exact) mass is 258 g/mol. The summed E-state index contributed by atoms with van der Waals surface area (Å²) in [6.07, 6.45) is 0. The third kappa shape index (κ3) is 2.25. The second kappa shape index (κ2) is 5.08. The molecule has 0 N–H and O–H groups in total. The molecule has 0 saturated carbocycles. The summed E-state index contributed by atoms with van der Waals surface area (Å²) >= 11 is 0. The number of carbonyl (C=O) groups is 1. The first kappa shape index (κ1) is 13.7. The fourth-order valence-electron chi connectivity index (χ4n) is 2.86. The van der Waals surface area contributed by atoms with Gasteiger partial charge in [-0.1, -0.05) is 44.2 Å². The van der Waals surface area contributed by atoms with Crippen molar-refractivity contribution in [3.05, 3.63) is 47.2 Å². The van der Waals surface area contributed by atoms with Crippen molar-refractivity contribution in [1.29, 1.82) is 0 Å². The molecule has 3 heteroatoms. The topological polar surface area (TPSA) is 23.6 Å². The molecule has 1 heterocycles. The first-order valence-electron chi connectivity index (χ1n) is 6.71. The van der Waals surface area contributed by atoms with Crippen molar-refractivity contribution in [2.24, 2.45) is 5.92 Å². The quantitative estimate of drug-likeness (QED) is 0.794. The minimum atomic E-state index is 0.0462. The minimum Gasteiger partial charge on any atom is -0.317 e. The lowest BCUT2D eigenvalue weighted by atomic mass is 9.86. The maximum absolute atomic E-state index is 12.3. The second-order valence-electron chi connectivity index (χ2n) is 5.46. The number of amides is 2. The van der Waals surface area contributed by atoms with Crippen LogP contribution in [0.3, 0.4) is 0 Å². The van der Waals surface area contributed by atoms with E-state index in [0.29, 0.717) is 5.92 Å². The minimum absolute atomic E-state index is 0.0462. The van der Waals surface area contributed by atoms with Crippen LogP contribution in [0.15, 0.2) is 41.6 Å². The zero-order valence-electron chi connectivity index (χ0n) is 12.3. The molecule has 3 nitrogen and oxygen atoms in total. The molecule has 1 aromatic rings. The average molecular weight is 258 g/mol. The third-order valence-corrected chi connectivity index (χ3v) is 3.93. The number of carbonyl (C=O) groups excluding carboxylic acids is 1. The van der Waals surface area contributed by atoms with Crippen LogP contribution in [0.25, 0.3) is 0 Å². The molecule has 0 radical (unpaired) electrons. The van der Waals surface area contributed by atoms with Crippen LogP contribution in [0.2, 0.25) is 0 Å². The molecule has 1 aliphatic rings. The van der Waals surface area contributed by atoms with Gasteiger partial charge in [0.25, 0.3) is 0 Å². The number of allylic oxidation sites excluding steroid dienone is 1. The van der Waals surface area contributed by atoms with Gasteiger partial charge in [0.1, 0.15) is 0 Å². The maximum Gasteiger partial charge on any atom is 0.324 e. The molecule has 0 aliphatic carbocycles. The first-order valence-corrected chi connectivity index (χ1v) is 6.71. The van der Waals surface area contributed by atoms with Crippen LogP contribution in [0.1, 0.15) is 32.4 Å². The number of nitrogens with zero attached hydrogens (tertiary/aromatic N) is 2. The Labute approximate surface area is 115 Å². The largest absolute Gasteiger partial charge is 0.324 e. The van der Waals surface area contributed by atoms with E-state index in [2.05, 4.69) is 26.0 Å². The maximum atomic E-state index is 12.3. The van der Waals surface area contributed by atoms with Gasteiger partial charge in [-0.3, -0.25) is 0 Å². The van der Waals surface area contributed by atoms with E-state index < -0.39 is 0 Å². The van der Waals surface area contributed by atoms with Crippen LogP contribution >= 0.6 is 0 Å². The summed E-state index contributed by atoms with van der Waals surface area (Å²) in [6.45, 7) is 6.41. The lowest BCUT2D eigenvalue weighted by molar-refractivity contribution is 0.158. The van der Waals surface area contributed by atoms with E-state index in [1.54, 1.807) is 4.90 Å². The molecule has 1 atom stereocenters. The Balaban J connectivity index is 2.58. The molecule has 0 saturated heterocycles. The van der Waals surface area contributed by atoms with Gasteiger partial charge < -0.3 is 9.80 Å². The first-order chi connectivity index (χ1) is 8.95. The number of urea groups is 1. The van der Waals surface area contributed by atoms with Crippen LogP contribution in [-0.2, 0) is 0 Å². The van der Waals surface area contributed by atoms with Gasteiger partial charge in [-0.2, -0.15) is 0 Å². The lowest BCUT2D eigenvalue weighted by Gasteiger charge is -2.42. The summed E-state index contributed by atoms with van der Waals surface area (Å²) in [5.74, 6) is 0.406. The Morgan fingerprint density at radius 1 is 1.11 bits per heavy atom. The summed E-state index contributed by atoms with van der Waals surface area (Å²) in [5, 5.41) is 0. The molecular formula is C16H22N2O. The van der Waals surface area contributed by atoms with Gasteiger partial charge in [0, 0.05) is 19.8 Å². The van der Waals surface area contributed by atoms with Crippen LogP contribution in [0.4, 0.5) is 4.79 Å². The molecule has 0 bridgehead atoms. The number of benzene rings is 1. The molecule has 2 amide bonds.